The second kappa shape index (κ2) is 11.1. The Morgan fingerprint density at radius 3 is 2.26 bits per heavy atom. The van der Waals surface area contributed by atoms with Crippen molar-refractivity contribution in [2.75, 3.05) is 26.6 Å². The highest BCUT2D eigenvalue weighted by molar-refractivity contribution is 6.04. The van der Waals surface area contributed by atoms with Crippen LogP contribution in [0.4, 0.5) is 18.9 Å². The fourth-order valence-electron chi connectivity index (χ4n) is 4.56. The van der Waals surface area contributed by atoms with Crippen LogP contribution >= 0.6 is 0 Å². The van der Waals surface area contributed by atoms with Crippen LogP contribution in [-0.4, -0.2) is 51.6 Å². The van der Waals surface area contributed by atoms with Gasteiger partial charge in [-0.25, -0.2) is 9.50 Å². The first kappa shape index (κ1) is 28.5. The average molecular weight is 581 g/mol. The molecule has 0 aliphatic rings. The third-order valence-corrected chi connectivity index (χ3v) is 6.74. The molecule has 5 aromatic rings. The number of nitrogens with zero attached hydrogens (tertiary/aromatic N) is 5. The number of amides is 1. The number of hydrogen-bond donors (Lipinski definition) is 1. The fraction of sp³-hybridized carbons (Fsp3) is 0.241. The molecule has 42 heavy (non-hydrogen) atoms. The second-order valence-electron chi connectivity index (χ2n) is 9.40. The predicted octanol–water partition coefficient (Wildman–Crippen LogP) is 5.55. The quantitative estimate of drug-likeness (QED) is 0.256. The number of anilines is 1. The Morgan fingerprint density at radius 1 is 0.905 bits per heavy atom. The smallest absolute Gasteiger partial charge is 0.433 e. The normalized spacial score (nSPS) is 11.5. The van der Waals surface area contributed by atoms with E-state index in [0.29, 0.717) is 50.9 Å². The lowest BCUT2D eigenvalue weighted by Gasteiger charge is -2.11. The highest BCUT2D eigenvalue weighted by Crippen LogP contribution is 2.33. The van der Waals surface area contributed by atoms with Crippen molar-refractivity contribution in [3.05, 3.63) is 82.9 Å². The number of aromatic nitrogens is 5. The molecular formula is C29H27F3N6O4. The monoisotopic (exact) mass is 580 g/mol. The van der Waals surface area contributed by atoms with Crippen LogP contribution in [0.2, 0.25) is 0 Å². The number of hydrogen-bond acceptors (Lipinski definition) is 7. The number of carbonyl (C=O) groups is 1. The van der Waals surface area contributed by atoms with E-state index in [-0.39, 0.29) is 17.0 Å². The van der Waals surface area contributed by atoms with Gasteiger partial charge in [0.05, 0.1) is 50.6 Å². The molecule has 10 nitrogen and oxygen atoms in total. The first-order valence-corrected chi connectivity index (χ1v) is 12.7. The number of nitrogens with one attached hydrogen (secondary N) is 1. The van der Waals surface area contributed by atoms with Crippen molar-refractivity contribution in [2.24, 2.45) is 0 Å². The lowest BCUT2D eigenvalue weighted by molar-refractivity contribution is -0.142. The summed E-state index contributed by atoms with van der Waals surface area (Å²) >= 11 is 0. The Bertz CT molecular complexity index is 1780. The Kier molecular flexibility index (Phi) is 7.50. The van der Waals surface area contributed by atoms with Crippen molar-refractivity contribution >= 4 is 17.2 Å². The third kappa shape index (κ3) is 5.45. The summed E-state index contributed by atoms with van der Waals surface area (Å²) in [4.78, 5) is 17.6. The molecule has 0 radical (unpaired) electrons. The lowest BCUT2D eigenvalue weighted by Crippen LogP contribution is -2.16. The molecule has 0 aliphatic heterocycles. The Morgan fingerprint density at radius 2 is 1.62 bits per heavy atom. The molecule has 0 spiro atoms. The van der Waals surface area contributed by atoms with E-state index in [9.17, 15) is 18.0 Å². The van der Waals surface area contributed by atoms with Gasteiger partial charge in [0.1, 0.15) is 5.75 Å². The zero-order valence-electron chi connectivity index (χ0n) is 23.4. The number of rotatable bonds is 8. The minimum Gasteiger partial charge on any atom is -0.497 e. The predicted molar refractivity (Wildman–Crippen MR) is 148 cm³/mol. The van der Waals surface area contributed by atoms with Crippen LogP contribution in [0.25, 0.3) is 16.9 Å². The van der Waals surface area contributed by atoms with Crippen molar-refractivity contribution in [3.8, 4) is 28.5 Å². The van der Waals surface area contributed by atoms with Crippen LogP contribution in [0, 0.1) is 13.8 Å². The van der Waals surface area contributed by atoms with E-state index in [2.05, 4.69) is 20.5 Å². The maximum atomic E-state index is 14.0. The summed E-state index contributed by atoms with van der Waals surface area (Å²) in [5.41, 5.74) is 1.60. The zero-order valence-corrected chi connectivity index (χ0v) is 23.4. The summed E-state index contributed by atoms with van der Waals surface area (Å²) in [5, 5.41) is 11.2. The summed E-state index contributed by atoms with van der Waals surface area (Å²) in [6.45, 7) is 3.89. The highest BCUT2D eigenvalue weighted by Gasteiger charge is 2.36. The van der Waals surface area contributed by atoms with E-state index in [1.54, 1.807) is 63.1 Å². The molecule has 1 N–H and O–H groups in total. The van der Waals surface area contributed by atoms with Crippen LogP contribution in [0.15, 0.2) is 54.6 Å². The van der Waals surface area contributed by atoms with Crippen molar-refractivity contribution in [1.82, 2.24) is 24.4 Å². The van der Waals surface area contributed by atoms with E-state index < -0.39 is 17.8 Å². The van der Waals surface area contributed by atoms with Crippen LogP contribution in [0.1, 0.15) is 33.1 Å². The Balaban J connectivity index is 1.45. The van der Waals surface area contributed by atoms with Gasteiger partial charge in [-0.05, 0) is 61.9 Å². The number of fused-ring (bicyclic) bond motifs is 1. The average Bonchev–Trinajstić information content (AvgIpc) is 3.52. The maximum Gasteiger partial charge on any atom is 0.433 e. The van der Waals surface area contributed by atoms with Crippen LogP contribution < -0.4 is 19.5 Å². The SMILES string of the molecule is COc1ccc(-c2cc(C(F)(F)F)n3nc(C(=O)Nc4c(C)nn(Cc5ccc(OC)c(OC)c5)c4C)cc3n2)cc1. The van der Waals surface area contributed by atoms with E-state index in [1.807, 2.05) is 12.1 Å². The number of methoxy groups -OCH3 is 3. The molecule has 0 saturated carbocycles. The molecule has 0 aliphatic carbocycles. The standard InChI is InChI=1S/C29H27F3N6O4/c1-16-27(17(2)37(35-16)15-18-6-11-23(41-4)24(12-18)42-5)34-28(39)22-14-26-33-21(19-7-9-20(40-3)10-8-19)13-25(29(30,31)32)38(26)36-22/h6-14H,15H2,1-5H3,(H,34,39). The molecule has 0 unspecified atom stereocenters. The maximum absolute atomic E-state index is 14.0. The van der Waals surface area contributed by atoms with E-state index in [4.69, 9.17) is 14.2 Å². The highest BCUT2D eigenvalue weighted by atomic mass is 19.4. The molecule has 0 bridgehead atoms. The van der Waals surface area contributed by atoms with E-state index >= 15 is 0 Å². The van der Waals surface area contributed by atoms with Gasteiger partial charge in [0.25, 0.3) is 5.91 Å². The number of aryl methyl sites for hydroxylation is 1. The van der Waals surface area contributed by atoms with Gasteiger partial charge in [-0.2, -0.15) is 23.4 Å². The van der Waals surface area contributed by atoms with E-state index in [1.165, 1.54) is 13.2 Å². The van der Waals surface area contributed by atoms with Crippen LogP contribution in [-0.2, 0) is 12.7 Å². The summed E-state index contributed by atoms with van der Waals surface area (Å²) in [7, 11) is 4.59. The largest absolute Gasteiger partial charge is 0.497 e. The first-order valence-electron chi connectivity index (χ1n) is 12.7. The second-order valence-corrected chi connectivity index (χ2v) is 9.40. The summed E-state index contributed by atoms with van der Waals surface area (Å²) in [6.07, 6.45) is -4.75. The minimum absolute atomic E-state index is 0.0764. The van der Waals surface area contributed by atoms with Gasteiger partial charge in [-0.15, -0.1) is 0 Å². The molecule has 13 heteroatoms. The molecule has 3 aromatic heterocycles. The number of alkyl halides is 3. The minimum atomic E-state index is -4.75. The van der Waals surface area contributed by atoms with Gasteiger partial charge in [0, 0.05) is 11.6 Å². The fourth-order valence-corrected chi connectivity index (χ4v) is 4.56. The van der Waals surface area contributed by atoms with Gasteiger partial charge in [-0.3, -0.25) is 9.48 Å². The molecule has 0 atom stereocenters. The number of halogens is 3. The lowest BCUT2D eigenvalue weighted by atomic mass is 10.1. The third-order valence-electron chi connectivity index (χ3n) is 6.74. The van der Waals surface area contributed by atoms with Crippen LogP contribution in [0.3, 0.4) is 0 Å². The first-order chi connectivity index (χ1) is 20.0. The topological polar surface area (TPSA) is 105 Å². The molecule has 0 saturated heterocycles. The van der Waals surface area contributed by atoms with Gasteiger partial charge in [0.15, 0.2) is 28.5 Å². The van der Waals surface area contributed by atoms with Gasteiger partial charge < -0.3 is 19.5 Å². The van der Waals surface area contributed by atoms with Gasteiger partial charge >= 0.3 is 6.18 Å². The molecule has 1 amide bonds. The molecule has 0 fully saturated rings. The zero-order chi connectivity index (χ0) is 30.2. The Hall–Kier alpha value is -5.07. The van der Waals surface area contributed by atoms with Crippen molar-refractivity contribution in [2.45, 2.75) is 26.6 Å². The summed E-state index contributed by atoms with van der Waals surface area (Å²) < 4.78 is 60.2. The van der Waals surface area contributed by atoms with Gasteiger partial charge in [0.2, 0.25) is 0 Å². The van der Waals surface area contributed by atoms with Crippen molar-refractivity contribution in [3.63, 3.8) is 0 Å². The van der Waals surface area contributed by atoms with Crippen LogP contribution in [0.5, 0.6) is 17.2 Å². The summed E-state index contributed by atoms with van der Waals surface area (Å²) in [5.74, 6) is 1.02. The van der Waals surface area contributed by atoms with E-state index in [0.717, 1.165) is 11.6 Å². The van der Waals surface area contributed by atoms with Gasteiger partial charge in [-0.1, -0.05) is 6.07 Å². The number of benzene rings is 2. The number of carbonyl (C=O) groups excluding carboxylic acids is 1. The molecule has 5 rings (SSSR count). The molecule has 2 aromatic carbocycles. The summed E-state index contributed by atoms with van der Waals surface area (Å²) in [6, 6.07) is 14.1. The number of ether oxygens (including phenoxy) is 3. The molecule has 218 valence electrons. The van der Waals surface area contributed by atoms with Crippen molar-refractivity contribution < 1.29 is 32.2 Å². The Labute approximate surface area is 238 Å². The van der Waals surface area contributed by atoms with Crippen molar-refractivity contribution in [1.29, 1.82) is 0 Å². The molecule has 3 heterocycles. The molecular weight excluding hydrogens is 553 g/mol.